The third kappa shape index (κ3) is 4.19. The normalized spacial score (nSPS) is 12.2. The van der Waals surface area contributed by atoms with Crippen molar-refractivity contribution in [2.75, 3.05) is 11.9 Å². The zero-order valence-corrected chi connectivity index (χ0v) is 13.0. The van der Waals surface area contributed by atoms with Gasteiger partial charge >= 0.3 is 0 Å². The number of rotatable bonds is 6. The third-order valence-electron chi connectivity index (χ3n) is 3.29. The van der Waals surface area contributed by atoms with Gasteiger partial charge in [-0.05, 0) is 37.6 Å². The van der Waals surface area contributed by atoms with Crippen molar-refractivity contribution in [3.05, 3.63) is 64.4 Å². The molecule has 21 heavy (non-hydrogen) atoms. The van der Waals surface area contributed by atoms with Gasteiger partial charge in [-0.15, -0.1) is 0 Å². The molecule has 1 N–H and O–H groups in total. The van der Waals surface area contributed by atoms with E-state index in [2.05, 4.69) is 5.32 Å². The highest BCUT2D eigenvalue weighted by atomic mass is 35.5. The Labute approximate surface area is 129 Å². The molecule has 0 saturated heterocycles. The zero-order valence-electron chi connectivity index (χ0n) is 12.2. The monoisotopic (exact) mass is 307 g/mol. The van der Waals surface area contributed by atoms with E-state index in [1.54, 1.807) is 6.07 Å². The SMILES string of the molecule is CCOCc1ccccc1NC(C)c1ccc(Cl)c(F)c1. The van der Waals surface area contributed by atoms with Crippen LogP contribution in [0.2, 0.25) is 5.02 Å². The maximum atomic E-state index is 13.5. The minimum absolute atomic E-state index is 0.0282. The van der Waals surface area contributed by atoms with E-state index < -0.39 is 5.82 Å². The van der Waals surface area contributed by atoms with Gasteiger partial charge in [0.25, 0.3) is 0 Å². The fourth-order valence-corrected chi connectivity index (χ4v) is 2.21. The van der Waals surface area contributed by atoms with Crippen LogP contribution in [0, 0.1) is 5.82 Å². The number of hydrogen-bond acceptors (Lipinski definition) is 2. The Hall–Kier alpha value is -1.58. The van der Waals surface area contributed by atoms with Crippen LogP contribution in [0.4, 0.5) is 10.1 Å². The molecular weight excluding hydrogens is 289 g/mol. The Morgan fingerprint density at radius 3 is 2.71 bits per heavy atom. The van der Waals surface area contributed by atoms with Crippen molar-refractivity contribution < 1.29 is 9.13 Å². The van der Waals surface area contributed by atoms with Crippen LogP contribution in [0.25, 0.3) is 0 Å². The molecule has 0 aliphatic rings. The van der Waals surface area contributed by atoms with Gasteiger partial charge in [-0.3, -0.25) is 0 Å². The molecular formula is C17H19ClFNO. The first-order chi connectivity index (χ1) is 10.1. The van der Waals surface area contributed by atoms with Gasteiger partial charge in [-0.25, -0.2) is 4.39 Å². The summed E-state index contributed by atoms with van der Waals surface area (Å²) in [7, 11) is 0. The first-order valence-corrected chi connectivity index (χ1v) is 7.36. The molecule has 1 unspecified atom stereocenters. The van der Waals surface area contributed by atoms with Gasteiger partial charge < -0.3 is 10.1 Å². The molecule has 0 bridgehead atoms. The summed E-state index contributed by atoms with van der Waals surface area (Å²) >= 11 is 5.72. The first kappa shape index (κ1) is 15.8. The molecule has 0 fully saturated rings. The summed E-state index contributed by atoms with van der Waals surface area (Å²) in [5, 5.41) is 3.53. The Morgan fingerprint density at radius 1 is 1.24 bits per heavy atom. The van der Waals surface area contributed by atoms with Crippen LogP contribution >= 0.6 is 11.6 Å². The summed E-state index contributed by atoms with van der Waals surface area (Å²) in [5.74, 6) is -0.398. The predicted molar refractivity (Wildman–Crippen MR) is 85.2 cm³/mol. The number of benzene rings is 2. The molecule has 2 aromatic rings. The molecule has 0 radical (unpaired) electrons. The Bertz CT molecular complexity index is 603. The fourth-order valence-electron chi connectivity index (χ4n) is 2.10. The van der Waals surface area contributed by atoms with Gasteiger partial charge in [0.05, 0.1) is 11.6 Å². The Morgan fingerprint density at radius 2 is 2.00 bits per heavy atom. The second-order valence-electron chi connectivity index (χ2n) is 4.83. The minimum Gasteiger partial charge on any atom is -0.378 e. The topological polar surface area (TPSA) is 21.3 Å². The van der Waals surface area contributed by atoms with Crippen molar-refractivity contribution in [2.45, 2.75) is 26.5 Å². The zero-order chi connectivity index (χ0) is 15.2. The number of para-hydroxylation sites is 1. The lowest BCUT2D eigenvalue weighted by molar-refractivity contribution is 0.134. The highest BCUT2D eigenvalue weighted by Crippen LogP contribution is 2.25. The first-order valence-electron chi connectivity index (χ1n) is 6.99. The minimum atomic E-state index is -0.398. The lowest BCUT2D eigenvalue weighted by Crippen LogP contribution is -2.09. The molecule has 2 nitrogen and oxygen atoms in total. The molecule has 0 spiro atoms. The van der Waals surface area contributed by atoms with E-state index in [-0.39, 0.29) is 11.1 Å². The molecule has 0 heterocycles. The number of nitrogens with one attached hydrogen (secondary N) is 1. The largest absolute Gasteiger partial charge is 0.378 e. The van der Waals surface area contributed by atoms with Crippen molar-refractivity contribution >= 4 is 17.3 Å². The molecule has 1 atom stereocenters. The van der Waals surface area contributed by atoms with E-state index in [4.69, 9.17) is 16.3 Å². The number of hydrogen-bond donors (Lipinski definition) is 1. The van der Waals surface area contributed by atoms with Gasteiger partial charge in [-0.1, -0.05) is 35.9 Å². The molecule has 0 aliphatic heterocycles. The van der Waals surface area contributed by atoms with Crippen LogP contribution in [-0.4, -0.2) is 6.61 Å². The van der Waals surface area contributed by atoms with Crippen LogP contribution in [0.3, 0.4) is 0 Å². The van der Waals surface area contributed by atoms with Crippen molar-refractivity contribution in [3.8, 4) is 0 Å². The van der Waals surface area contributed by atoms with Crippen LogP contribution in [-0.2, 0) is 11.3 Å². The van der Waals surface area contributed by atoms with E-state index in [1.165, 1.54) is 6.07 Å². The smallest absolute Gasteiger partial charge is 0.142 e. The summed E-state index contributed by atoms with van der Waals surface area (Å²) in [6.07, 6.45) is 0. The number of anilines is 1. The van der Waals surface area contributed by atoms with E-state index in [1.807, 2.05) is 44.2 Å². The summed E-state index contributed by atoms with van der Waals surface area (Å²) in [6.45, 7) is 5.18. The van der Waals surface area contributed by atoms with Gasteiger partial charge in [0.1, 0.15) is 5.82 Å². The van der Waals surface area contributed by atoms with Gasteiger partial charge in [-0.2, -0.15) is 0 Å². The summed E-state index contributed by atoms with van der Waals surface area (Å²) in [5.41, 5.74) is 2.93. The third-order valence-corrected chi connectivity index (χ3v) is 3.60. The van der Waals surface area contributed by atoms with E-state index in [9.17, 15) is 4.39 Å². The predicted octanol–water partition coefficient (Wildman–Crippen LogP) is 5.19. The van der Waals surface area contributed by atoms with Crippen molar-refractivity contribution in [1.82, 2.24) is 0 Å². The average Bonchev–Trinajstić information content (AvgIpc) is 2.49. The lowest BCUT2D eigenvalue weighted by Gasteiger charge is -2.19. The van der Waals surface area contributed by atoms with E-state index in [0.717, 1.165) is 16.8 Å². The van der Waals surface area contributed by atoms with Crippen molar-refractivity contribution in [3.63, 3.8) is 0 Å². The highest BCUT2D eigenvalue weighted by molar-refractivity contribution is 6.30. The second-order valence-corrected chi connectivity index (χ2v) is 5.24. The van der Waals surface area contributed by atoms with Crippen LogP contribution in [0.5, 0.6) is 0 Å². The average molecular weight is 308 g/mol. The second kappa shape index (κ2) is 7.43. The van der Waals surface area contributed by atoms with E-state index in [0.29, 0.717) is 13.2 Å². The van der Waals surface area contributed by atoms with Gasteiger partial charge in [0.2, 0.25) is 0 Å². The standard InChI is InChI=1S/C17H19ClFNO/c1-3-21-11-14-6-4-5-7-17(14)20-12(2)13-8-9-15(18)16(19)10-13/h4-10,12,20H,3,11H2,1-2H3. The van der Waals surface area contributed by atoms with Crippen LogP contribution < -0.4 is 5.32 Å². The molecule has 0 amide bonds. The maximum Gasteiger partial charge on any atom is 0.142 e. The lowest BCUT2D eigenvalue weighted by atomic mass is 10.1. The molecule has 0 aliphatic carbocycles. The quantitative estimate of drug-likeness (QED) is 0.793. The number of ether oxygens (including phenoxy) is 1. The van der Waals surface area contributed by atoms with Crippen LogP contribution in [0.15, 0.2) is 42.5 Å². The highest BCUT2D eigenvalue weighted by Gasteiger charge is 2.10. The van der Waals surface area contributed by atoms with Gasteiger partial charge in [0, 0.05) is 23.9 Å². The molecule has 2 aromatic carbocycles. The summed E-state index contributed by atoms with van der Waals surface area (Å²) < 4.78 is 19.0. The van der Waals surface area contributed by atoms with E-state index >= 15 is 0 Å². The maximum absolute atomic E-state index is 13.5. The summed E-state index contributed by atoms with van der Waals surface area (Å²) in [6, 6.07) is 12.8. The fraction of sp³-hybridized carbons (Fsp3) is 0.294. The Kier molecular flexibility index (Phi) is 5.59. The molecule has 2 rings (SSSR count). The van der Waals surface area contributed by atoms with Crippen molar-refractivity contribution in [1.29, 1.82) is 0 Å². The Balaban J connectivity index is 2.15. The van der Waals surface area contributed by atoms with Crippen molar-refractivity contribution in [2.24, 2.45) is 0 Å². The molecule has 4 heteroatoms. The van der Waals surface area contributed by atoms with Crippen LogP contribution in [0.1, 0.15) is 31.0 Å². The molecule has 0 saturated carbocycles. The molecule has 0 aromatic heterocycles. The number of halogens is 2. The van der Waals surface area contributed by atoms with Gasteiger partial charge in [0.15, 0.2) is 0 Å². The summed E-state index contributed by atoms with van der Waals surface area (Å²) in [4.78, 5) is 0. The molecule has 112 valence electrons.